The van der Waals surface area contributed by atoms with E-state index in [2.05, 4.69) is 33.4 Å². The maximum atomic E-state index is 14.6. The molecule has 0 atom stereocenters. The molecule has 0 radical (unpaired) electrons. The standard InChI is InChI=1S/C23H24FN7/c1-5-6-17-14(2)7-8-20(24)18(17)11-26-23-27-12-19(21-9-15(3)29-30(21)4)22-28-16(10-25)13-31(22)23/h7-9,12-13H,5-6,11H2,1-4H3,(H,26,27). The van der Waals surface area contributed by atoms with Crippen LogP contribution in [-0.2, 0) is 20.0 Å². The van der Waals surface area contributed by atoms with Gasteiger partial charge in [-0.1, -0.05) is 19.4 Å². The van der Waals surface area contributed by atoms with Gasteiger partial charge in [0.25, 0.3) is 0 Å². The van der Waals surface area contributed by atoms with E-state index in [-0.39, 0.29) is 18.1 Å². The lowest BCUT2D eigenvalue weighted by molar-refractivity contribution is 0.607. The van der Waals surface area contributed by atoms with Gasteiger partial charge in [0, 0.05) is 25.4 Å². The molecule has 0 unspecified atom stereocenters. The lowest BCUT2D eigenvalue weighted by Gasteiger charge is -2.15. The zero-order chi connectivity index (χ0) is 22.1. The number of anilines is 1. The molecule has 0 saturated heterocycles. The Bertz CT molecular complexity index is 1310. The third kappa shape index (κ3) is 3.75. The molecule has 0 fully saturated rings. The van der Waals surface area contributed by atoms with Crippen molar-refractivity contribution in [3.8, 4) is 17.3 Å². The highest BCUT2D eigenvalue weighted by molar-refractivity contribution is 5.76. The maximum Gasteiger partial charge on any atom is 0.208 e. The van der Waals surface area contributed by atoms with Crippen LogP contribution in [0.15, 0.2) is 30.6 Å². The topological polar surface area (TPSA) is 83.8 Å². The van der Waals surface area contributed by atoms with Gasteiger partial charge in [-0.3, -0.25) is 9.08 Å². The van der Waals surface area contributed by atoms with Crippen LogP contribution in [0.3, 0.4) is 0 Å². The fraction of sp³-hybridized carbons (Fsp3) is 0.304. The third-order valence-corrected chi connectivity index (χ3v) is 5.41. The second kappa shape index (κ2) is 8.19. The van der Waals surface area contributed by atoms with Crippen LogP contribution >= 0.6 is 0 Å². The number of benzene rings is 1. The Morgan fingerprint density at radius 1 is 1.23 bits per heavy atom. The molecule has 31 heavy (non-hydrogen) atoms. The second-order valence-electron chi connectivity index (χ2n) is 7.65. The fourth-order valence-corrected chi connectivity index (χ4v) is 3.94. The summed E-state index contributed by atoms with van der Waals surface area (Å²) in [6.45, 7) is 6.29. The maximum absolute atomic E-state index is 14.6. The number of aryl methyl sites for hydroxylation is 3. The largest absolute Gasteiger partial charge is 0.351 e. The number of hydrogen-bond donors (Lipinski definition) is 1. The Labute approximate surface area is 180 Å². The minimum Gasteiger partial charge on any atom is -0.351 e. The molecule has 0 aliphatic rings. The molecule has 0 bridgehead atoms. The van der Waals surface area contributed by atoms with Gasteiger partial charge < -0.3 is 5.32 Å². The summed E-state index contributed by atoms with van der Waals surface area (Å²) in [6.07, 6.45) is 5.09. The fourth-order valence-electron chi connectivity index (χ4n) is 3.94. The average molecular weight is 417 g/mol. The molecule has 8 heteroatoms. The van der Waals surface area contributed by atoms with Crippen molar-refractivity contribution in [2.75, 3.05) is 5.32 Å². The van der Waals surface area contributed by atoms with Crippen LogP contribution in [0.5, 0.6) is 0 Å². The molecule has 0 saturated carbocycles. The number of hydrogen-bond acceptors (Lipinski definition) is 5. The molecule has 0 aliphatic carbocycles. The van der Waals surface area contributed by atoms with E-state index >= 15 is 0 Å². The first kappa shape index (κ1) is 20.5. The van der Waals surface area contributed by atoms with Crippen LogP contribution in [0.25, 0.3) is 16.9 Å². The zero-order valence-electron chi connectivity index (χ0n) is 18.1. The lowest BCUT2D eigenvalue weighted by atomic mass is 9.97. The smallest absolute Gasteiger partial charge is 0.208 e. The minimum absolute atomic E-state index is 0.233. The van der Waals surface area contributed by atoms with E-state index in [0.29, 0.717) is 17.2 Å². The van der Waals surface area contributed by atoms with Crippen LogP contribution < -0.4 is 5.32 Å². The zero-order valence-corrected chi connectivity index (χ0v) is 18.1. The highest BCUT2D eigenvalue weighted by atomic mass is 19.1. The monoisotopic (exact) mass is 417 g/mol. The summed E-state index contributed by atoms with van der Waals surface area (Å²) in [4.78, 5) is 9.02. The first-order valence-corrected chi connectivity index (χ1v) is 10.2. The van der Waals surface area contributed by atoms with E-state index in [0.717, 1.165) is 40.9 Å². The first-order chi connectivity index (χ1) is 14.9. The number of nitrogens with zero attached hydrogens (tertiary/aromatic N) is 6. The van der Waals surface area contributed by atoms with Crippen molar-refractivity contribution in [3.05, 3.63) is 64.5 Å². The van der Waals surface area contributed by atoms with Crippen LogP contribution in [-0.4, -0.2) is 24.1 Å². The van der Waals surface area contributed by atoms with Gasteiger partial charge in [-0.05, 0) is 43.5 Å². The van der Waals surface area contributed by atoms with Crippen LogP contribution in [0.2, 0.25) is 0 Å². The minimum atomic E-state index is -0.233. The summed E-state index contributed by atoms with van der Waals surface area (Å²) < 4.78 is 18.1. The predicted molar refractivity (Wildman–Crippen MR) is 117 cm³/mol. The molecule has 0 spiro atoms. The van der Waals surface area contributed by atoms with Gasteiger partial charge in [0.2, 0.25) is 5.95 Å². The summed E-state index contributed by atoms with van der Waals surface area (Å²) in [6, 6.07) is 7.36. The van der Waals surface area contributed by atoms with Crippen molar-refractivity contribution in [1.29, 1.82) is 5.26 Å². The van der Waals surface area contributed by atoms with Gasteiger partial charge in [0.05, 0.1) is 23.1 Å². The Kier molecular flexibility index (Phi) is 5.42. The first-order valence-electron chi connectivity index (χ1n) is 10.2. The molecular formula is C23H24FN7. The number of aromatic nitrogens is 5. The number of nitriles is 1. The van der Waals surface area contributed by atoms with E-state index in [1.165, 1.54) is 6.07 Å². The van der Waals surface area contributed by atoms with Crippen LogP contribution in [0.4, 0.5) is 10.3 Å². The molecule has 0 amide bonds. The van der Waals surface area contributed by atoms with E-state index in [9.17, 15) is 9.65 Å². The predicted octanol–water partition coefficient (Wildman–Crippen LogP) is 4.32. The number of halogens is 1. The van der Waals surface area contributed by atoms with Crippen molar-refractivity contribution in [2.24, 2.45) is 7.05 Å². The number of rotatable bonds is 6. The molecule has 3 heterocycles. The normalized spacial score (nSPS) is 11.1. The molecule has 3 aromatic heterocycles. The van der Waals surface area contributed by atoms with E-state index in [4.69, 9.17) is 0 Å². The SMILES string of the molecule is CCCc1c(C)ccc(F)c1CNc1ncc(-c2cc(C)nn2C)c2nc(C#N)cn12. The Hall–Kier alpha value is -3.73. The highest BCUT2D eigenvalue weighted by Crippen LogP contribution is 2.27. The average Bonchev–Trinajstić information content (AvgIpc) is 3.33. The highest BCUT2D eigenvalue weighted by Gasteiger charge is 2.17. The lowest BCUT2D eigenvalue weighted by Crippen LogP contribution is -2.11. The number of fused-ring (bicyclic) bond motifs is 1. The molecule has 7 nitrogen and oxygen atoms in total. The summed E-state index contributed by atoms with van der Waals surface area (Å²) in [7, 11) is 1.86. The summed E-state index contributed by atoms with van der Waals surface area (Å²) >= 11 is 0. The van der Waals surface area contributed by atoms with Gasteiger partial charge in [-0.2, -0.15) is 10.4 Å². The van der Waals surface area contributed by atoms with Gasteiger partial charge in [0.1, 0.15) is 11.9 Å². The number of imidazole rings is 1. The van der Waals surface area contributed by atoms with Crippen molar-refractivity contribution >= 4 is 11.6 Å². The van der Waals surface area contributed by atoms with Crippen molar-refractivity contribution in [1.82, 2.24) is 24.1 Å². The molecule has 4 aromatic rings. The van der Waals surface area contributed by atoms with Crippen molar-refractivity contribution in [2.45, 2.75) is 40.2 Å². The molecular weight excluding hydrogens is 393 g/mol. The van der Waals surface area contributed by atoms with Crippen molar-refractivity contribution in [3.63, 3.8) is 0 Å². The van der Waals surface area contributed by atoms with Gasteiger partial charge in [0.15, 0.2) is 11.3 Å². The summed E-state index contributed by atoms with van der Waals surface area (Å²) in [5, 5.41) is 17.0. The summed E-state index contributed by atoms with van der Waals surface area (Å²) in [5.41, 5.74) is 6.12. The second-order valence-corrected chi connectivity index (χ2v) is 7.65. The van der Waals surface area contributed by atoms with Crippen LogP contribution in [0.1, 0.15) is 41.4 Å². The Morgan fingerprint density at radius 3 is 2.71 bits per heavy atom. The summed E-state index contributed by atoms with van der Waals surface area (Å²) in [5.74, 6) is 0.262. The van der Waals surface area contributed by atoms with Gasteiger partial charge in [-0.25, -0.2) is 14.4 Å². The van der Waals surface area contributed by atoms with Gasteiger partial charge in [-0.15, -0.1) is 0 Å². The molecule has 1 aromatic carbocycles. The van der Waals surface area contributed by atoms with E-state index in [1.807, 2.05) is 33.0 Å². The third-order valence-electron chi connectivity index (χ3n) is 5.41. The van der Waals surface area contributed by atoms with Gasteiger partial charge >= 0.3 is 0 Å². The molecule has 4 rings (SSSR count). The molecule has 158 valence electrons. The van der Waals surface area contributed by atoms with Crippen molar-refractivity contribution < 1.29 is 4.39 Å². The molecule has 0 aliphatic heterocycles. The van der Waals surface area contributed by atoms with E-state index in [1.54, 1.807) is 21.5 Å². The Balaban J connectivity index is 1.76. The van der Waals surface area contributed by atoms with E-state index < -0.39 is 0 Å². The molecule has 1 N–H and O–H groups in total. The van der Waals surface area contributed by atoms with Crippen LogP contribution in [0, 0.1) is 31.0 Å². The quantitative estimate of drug-likeness (QED) is 0.505. The number of nitrogens with one attached hydrogen (secondary N) is 1. The Morgan fingerprint density at radius 2 is 2.03 bits per heavy atom.